The molecule has 1 amide bonds. The van der Waals surface area contributed by atoms with E-state index in [0.29, 0.717) is 17.9 Å². The number of rotatable bonds is 7. The zero-order valence-corrected chi connectivity index (χ0v) is 19.9. The van der Waals surface area contributed by atoms with E-state index in [2.05, 4.69) is 9.71 Å². The second-order valence-corrected chi connectivity index (χ2v) is 10.5. The third kappa shape index (κ3) is 5.83. The first-order chi connectivity index (χ1) is 15.9. The van der Waals surface area contributed by atoms with Crippen molar-refractivity contribution in [3.8, 4) is 0 Å². The van der Waals surface area contributed by atoms with Gasteiger partial charge in [0, 0.05) is 30.6 Å². The SMILES string of the molecule is CN1CCC/C1=N\S(=O)(=O)c1ccc(NC(=O)C(Sc2ccccc2)c2ccccc2)cc1. The van der Waals surface area contributed by atoms with Crippen LogP contribution in [-0.4, -0.2) is 38.7 Å². The number of hydrogen-bond donors (Lipinski definition) is 1. The molecule has 1 aliphatic heterocycles. The van der Waals surface area contributed by atoms with E-state index in [1.807, 2.05) is 72.6 Å². The Balaban J connectivity index is 1.51. The van der Waals surface area contributed by atoms with Gasteiger partial charge in [-0.05, 0) is 48.4 Å². The van der Waals surface area contributed by atoms with Crippen LogP contribution in [0.5, 0.6) is 0 Å². The molecule has 6 nitrogen and oxygen atoms in total. The molecule has 0 aliphatic carbocycles. The molecule has 0 spiro atoms. The van der Waals surface area contributed by atoms with Gasteiger partial charge in [-0.2, -0.15) is 8.42 Å². The highest BCUT2D eigenvalue weighted by molar-refractivity contribution is 8.00. The fourth-order valence-electron chi connectivity index (χ4n) is 3.55. The van der Waals surface area contributed by atoms with E-state index >= 15 is 0 Å². The van der Waals surface area contributed by atoms with Gasteiger partial charge in [0.1, 0.15) is 11.1 Å². The fourth-order valence-corrected chi connectivity index (χ4v) is 5.69. The molecule has 1 atom stereocenters. The van der Waals surface area contributed by atoms with Gasteiger partial charge in [-0.15, -0.1) is 16.2 Å². The number of benzene rings is 3. The number of carbonyl (C=O) groups is 1. The molecule has 0 bridgehead atoms. The molecule has 8 heteroatoms. The molecule has 1 fully saturated rings. The molecule has 33 heavy (non-hydrogen) atoms. The summed E-state index contributed by atoms with van der Waals surface area (Å²) in [6.07, 6.45) is 1.56. The van der Waals surface area contributed by atoms with Gasteiger partial charge in [-0.25, -0.2) is 0 Å². The number of nitrogens with one attached hydrogen (secondary N) is 1. The highest BCUT2D eigenvalue weighted by Crippen LogP contribution is 2.36. The molecule has 0 aromatic heterocycles. The molecule has 170 valence electrons. The molecule has 0 saturated carbocycles. The summed E-state index contributed by atoms with van der Waals surface area (Å²) in [5, 5.41) is 2.46. The Bertz CT molecular complexity index is 1230. The fraction of sp³-hybridized carbons (Fsp3) is 0.200. The van der Waals surface area contributed by atoms with E-state index in [9.17, 15) is 13.2 Å². The van der Waals surface area contributed by atoms with Crippen LogP contribution in [-0.2, 0) is 14.8 Å². The Hall–Kier alpha value is -3.10. The number of nitrogens with zero attached hydrogens (tertiary/aromatic N) is 2. The lowest BCUT2D eigenvalue weighted by molar-refractivity contribution is -0.115. The summed E-state index contributed by atoms with van der Waals surface area (Å²) in [5.41, 5.74) is 1.42. The summed E-state index contributed by atoms with van der Waals surface area (Å²) in [4.78, 5) is 16.1. The summed E-state index contributed by atoms with van der Waals surface area (Å²) in [6, 6.07) is 25.5. The van der Waals surface area contributed by atoms with Crippen LogP contribution in [0.3, 0.4) is 0 Å². The van der Waals surface area contributed by atoms with Crippen molar-refractivity contribution in [3.05, 3.63) is 90.5 Å². The Kier molecular flexibility index (Phi) is 7.15. The van der Waals surface area contributed by atoms with Crippen LogP contribution in [0.1, 0.15) is 23.7 Å². The average molecular weight is 480 g/mol. The zero-order valence-electron chi connectivity index (χ0n) is 18.2. The topological polar surface area (TPSA) is 78.8 Å². The van der Waals surface area contributed by atoms with Gasteiger partial charge in [-0.3, -0.25) is 4.79 Å². The first kappa shape index (κ1) is 23.1. The monoisotopic (exact) mass is 479 g/mol. The third-order valence-corrected chi connectivity index (χ3v) is 7.90. The van der Waals surface area contributed by atoms with Crippen molar-refractivity contribution in [2.24, 2.45) is 4.40 Å². The van der Waals surface area contributed by atoms with Gasteiger partial charge in [0.05, 0.1) is 4.90 Å². The number of thioether (sulfide) groups is 1. The second-order valence-electron chi connectivity index (χ2n) is 7.74. The van der Waals surface area contributed by atoms with Crippen molar-refractivity contribution in [2.45, 2.75) is 27.9 Å². The Morgan fingerprint density at radius 3 is 2.21 bits per heavy atom. The molecule has 1 aliphatic rings. The molecule has 3 aromatic carbocycles. The minimum Gasteiger partial charge on any atom is -0.362 e. The maximum absolute atomic E-state index is 13.2. The predicted octanol–water partition coefficient (Wildman–Crippen LogP) is 4.97. The number of sulfonamides is 1. The van der Waals surface area contributed by atoms with Crippen molar-refractivity contribution in [1.82, 2.24) is 4.90 Å². The van der Waals surface area contributed by atoms with Gasteiger partial charge in [0.25, 0.3) is 10.0 Å². The minimum absolute atomic E-state index is 0.103. The van der Waals surface area contributed by atoms with Crippen molar-refractivity contribution in [3.63, 3.8) is 0 Å². The molecule has 4 rings (SSSR count). The van der Waals surface area contributed by atoms with Crippen LogP contribution in [0.25, 0.3) is 0 Å². The molecule has 1 unspecified atom stereocenters. The van der Waals surface area contributed by atoms with E-state index < -0.39 is 15.3 Å². The van der Waals surface area contributed by atoms with Crippen LogP contribution in [0.4, 0.5) is 5.69 Å². The van der Waals surface area contributed by atoms with Gasteiger partial charge >= 0.3 is 0 Å². The van der Waals surface area contributed by atoms with Crippen LogP contribution in [0.15, 0.2) is 99.1 Å². The maximum Gasteiger partial charge on any atom is 0.283 e. The highest BCUT2D eigenvalue weighted by atomic mass is 32.2. The summed E-state index contributed by atoms with van der Waals surface area (Å²) in [6.45, 7) is 0.808. The van der Waals surface area contributed by atoms with Crippen molar-refractivity contribution in [2.75, 3.05) is 18.9 Å². The van der Waals surface area contributed by atoms with Gasteiger partial charge in [-0.1, -0.05) is 48.5 Å². The summed E-state index contributed by atoms with van der Waals surface area (Å²) < 4.78 is 29.3. The summed E-state index contributed by atoms with van der Waals surface area (Å²) in [5.74, 6) is 0.398. The maximum atomic E-state index is 13.2. The summed E-state index contributed by atoms with van der Waals surface area (Å²) >= 11 is 1.46. The Morgan fingerprint density at radius 2 is 1.61 bits per heavy atom. The first-order valence-electron chi connectivity index (χ1n) is 10.6. The van der Waals surface area contributed by atoms with Gasteiger partial charge in [0.2, 0.25) is 5.91 Å². The second kappa shape index (κ2) is 10.2. The smallest absolute Gasteiger partial charge is 0.283 e. The largest absolute Gasteiger partial charge is 0.362 e. The molecule has 3 aromatic rings. The third-order valence-electron chi connectivity index (χ3n) is 5.32. The molecular weight excluding hydrogens is 454 g/mol. The summed E-state index contributed by atoms with van der Waals surface area (Å²) in [7, 11) is -1.95. The molecule has 0 radical (unpaired) electrons. The number of amides is 1. The Labute approximate surface area is 198 Å². The lowest BCUT2D eigenvalue weighted by atomic mass is 10.1. The van der Waals surface area contributed by atoms with E-state index in [1.165, 1.54) is 23.9 Å². The standard InChI is InChI=1S/C25H25N3O3S2/c1-28-18-8-13-23(28)27-33(30,31)22-16-14-20(15-17-22)26-25(29)24(19-9-4-2-5-10-19)32-21-11-6-3-7-12-21/h2-7,9-12,14-17,24H,8,13,18H2,1H3,(H,26,29)/b27-23+. The number of likely N-dealkylation sites (tertiary alicyclic amines) is 1. The molecule has 1 heterocycles. The highest BCUT2D eigenvalue weighted by Gasteiger charge is 2.23. The Morgan fingerprint density at radius 1 is 0.970 bits per heavy atom. The number of anilines is 1. The number of hydrogen-bond acceptors (Lipinski definition) is 4. The zero-order chi connectivity index (χ0) is 23.3. The van der Waals surface area contributed by atoms with E-state index in [4.69, 9.17) is 0 Å². The molecule has 1 N–H and O–H groups in total. The van der Waals surface area contributed by atoms with Crippen molar-refractivity contribution in [1.29, 1.82) is 0 Å². The number of carbonyl (C=O) groups excluding carboxylic acids is 1. The van der Waals surface area contributed by atoms with E-state index in [1.54, 1.807) is 12.1 Å². The van der Waals surface area contributed by atoms with Gasteiger partial charge < -0.3 is 10.2 Å². The average Bonchev–Trinajstić information content (AvgIpc) is 3.22. The first-order valence-corrected chi connectivity index (χ1v) is 13.0. The van der Waals surface area contributed by atoms with Crippen LogP contribution in [0, 0.1) is 0 Å². The predicted molar refractivity (Wildman–Crippen MR) is 133 cm³/mol. The minimum atomic E-state index is -3.79. The van der Waals surface area contributed by atoms with E-state index in [-0.39, 0.29) is 10.8 Å². The van der Waals surface area contributed by atoms with Gasteiger partial charge in [0.15, 0.2) is 0 Å². The molecular formula is C25H25N3O3S2. The lowest BCUT2D eigenvalue weighted by Crippen LogP contribution is -2.20. The van der Waals surface area contributed by atoms with Crippen LogP contribution >= 0.6 is 11.8 Å². The van der Waals surface area contributed by atoms with Crippen molar-refractivity contribution < 1.29 is 13.2 Å². The van der Waals surface area contributed by atoms with Crippen molar-refractivity contribution >= 4 is 39.2 Å². The number of amidine groups is 1. The lowest BCUT2D eigenvalue weighted by Gasteiger charge is -2.17. The van der Waals surface area contributed by atoms with E-state index in [0.717, 1.165) is 23.4 Å². The van der Waals surface area contributed by atoms with Crippen LogP contribution < -0.4 is 5.32 Å². The quantitative estimate of drug-likeness (QED) is 0.484. The molecule has 1 saturated heterocycles. The van der Waals surface area contributed by atoms with Crippen LogP contribution in [0.2, 0.25) is 0 Å². The normalized spacial score (nSPS) is 16.0.